The molecule has 2 aliphatic rings. The van der Waals surface area contributed by atoms with E-state index in [4.69, 9.17) is 10.5 Å². The Hall–Kier alpha value is -2.33. The number of ether oxygens (including phenoxy) is 1. The van der Waals surface area contributed by atoms with E-state index in [0.717, 1.165) is 48.0 Å². The van der Waals surface area contributed by atoms with Gasteiger partial charge >= 0.3 is 0 Å². The largest absolute Gasteiger partial charge is 0.457 e. The number of rotatable bonds is 5. The minimum atomic E-state index is -0.148. The van der Waals surface area contributed by atoms with E-state index in [1.807, 2.05) is 24.3 Å². The van der Waals surface area contributed by atoms with Crippen molar-refractivity contribution in [3.05, 3.63) is 59.2 Å². The summed E-state index contributed by atoms with van der Waals surface area (Å²) in [5.74, 6) is 3.17. The maximum atomic E-state index is 6.55. The second kappa shape index (κ2) is 6.89. The van der Waals surface area contributed by atoms with Crippen LogP contribution in [0, 0.1) is 0 Å². The topological polar surface area (TPSA) is 59.6 Å². The standard InChI is InChI=1S/C21H25N3O/c1-2-3-6-15(21-23-11-12-24-21)14-9-10-19-17(13-14)20(22)16-7-4-5-8-18(16)25-19/h4-5,7-10,13,15,20H,2-3,6,11-12,22H2,1H3,(H,23,24). The number of nitrogens with one attached hydrogen (secondary N) is 1. The molecular weight excluding hydrogens is 310 g/mol. The Morgan fingerprint density at radius 2 is 2.04 bits per heavy atom. The second-order valence-corrected chi connectivity index (χ2v) is 6.80. The summed E-state index contributed by atoms with van der Waals surface area (Å²) in [6, 6.07) is 14.3. The van der Waals surface area contributed by atoms with Crippen LogP contribution in [0.2, 0.25) is 0 Å². The van der Waals surface area contributed by atoms with Gasteiger partial charge in [-0.15, -0.1) is 0 Å². The van der Waals surface area contributed by atoms with Crippen LogP contribution in [-0.2, 0) is 0 Å². The van der Waals surface area contributed by atoms with Crippen molar-refractivity contribution < 1.29 is 4.74 Å². The fraction of sp³-hybridized carbons (Fsp3) is 0.381. The predicted octanol–water partition coefficient (Wildman–Crippen LogP) is 4.12. The van der Waals surface area contributed by atoms with E-state index in [-0.39, 0.29) is 6.04 Å². The number of nitrogens with two attached hydrogens (primary N) is 1. The fourth-order valence-electron chi connectivity index (χ4n) is 3.76. The van der Waals surface area contributed by atoms with Crippen LogP contribution in [0.5, 0.6) is 11.5 Å². The highest BCUT2D eigenvalue weighted by Gasteiger charge is 2.27. The lowest BCUT2D eigenvalue weighted by atomic mass is 9.87. The van der Waals surface area contributed by atoms with Crippen LogP contribution >= 0.6 is 0 Å². The van der Waals surface area contributed by atoms with Gasteiger partial charge in [0.15, 0.2) is 0 Å². The van der Waals surface area contributed by atoms with Crippen molar-refractivity contribution in [1.82, 2.24) is 5.32 Å². The van der Waals surface area contributed by atoms with Crippen molar-refractivity contribution in [3.8, 4) is 11.5 Å². The lowest BCUT2D eigenvalue weighted by molar-refractivity contribution is 0.446. The van der Waals surface area contributed by atoms with Crippen molar-refractivity contribution in [3.63, 3.8) is 0 Å². The molecule has 2 heterocycles. The molecular formula is C21H25N3O. The van der Waals surface area contributed by atoms with E-state index in [9.17, 15) is 0 Å². The average molecular weight is 335 g/mol. The van der Waals surface area contributed by atoms with Crippen LogP contribution in [0.1, 0.15) is 54.8 Å². The van der Waals surface area contributed by atoms with Crippen molar-refractivity contribution in [2.75, 3.05) is 13.1 Å². The van der Waals surface area contributed by atoms with E-state index >= 15 is 0 Å². The zero-order valence-electron chi connectivity index (χ0n) is 14.7. The molecule has 2 atom stereocenters. The third kappa shape index (κ3) is 3.02. The van der Waals surface area contributed by atoms with Gasteiger partial charge in [0, 0.05) is 23.6 Å². The summed E-state index contributed by atoms with van der Waals surface area (Å²) in [5.41, 5.74) is 9.95. The molecule has 0 amide bonds. The first kappa shape index (κ1) is 16.2. The smallest absolute Gasteiger partial charge is 0.132 e. The number of fused-ring (bicyclic) bond motifs is 2. The highest BCUT2D eigenvalue weighted by molar-refractivity contribution is 5.90. The highest BCUT2D eigenvalue weighted by Crippen LogP contribution is 2.42. The maximum absolute atomic E-state index is 6.55. The zero-order chi connectivity index (χ0) is 17.2. The molecule has 0 fully saturated rings. The molecule has 0 bridgehead atoms. The van der Waals surface area contributed by atoms with E-state index in [2.05, 4.69) is 35.4 Å². The summed E-state index contributed by atoms with van der Waals surface area (Å²) in [7, 11) is 0. The van der Waals surface area contributed by atoms with Gasteiger partial charge in [0.1, 0.15) is 17.3 Å². The second-order valence-electron chi connectivity index (χ2n) is 6.80. The monoisotopic (exact) mass is 335 g/mol. The lowest BCUT2D eigenvalue weighted by Gasteiger charge is -2.27. The van der Waals surface area contributed by atoms with Crippen LogP contribution in [0.15, 0.2) is 47.5 Å². The molecule has 2 aromatic carbocycles. The first-order valence-electron chi connectivity index (χ1n) is 9.22. The molecule has 0 radical (unpaired) electrons. The van der Waals surface area contributed by atoms with Gasteiger partial charge < -0.3 is 15.8 Å². The third-order valence-electron chi connectivity index (χ3n) is 5.12. The quantitative estimate of drug-likeness (QED) is 0.864. The Morgan fingerprint density at radius 3 is 2.84 bits per heavy atom. The van der Waals surface area contributed by atoms with Gasteiger partial charge in [0.05, 0.1) is 12.6 Å². The Bertz CT molecular complexity index is 799. The molecule has 4 heteroatoms. The summed E-state index contributed by atoms with van der Waals surface area (Å²) >= 11 is 0. The van der Waals surface area contributed by atoms with Gasteiger partial charge in [-0.1, -0.05) is 44.0 Å². The van der Waals surface area contributed by atoms with E-state index in [1.165, 1.54) is 18.4 Å². The molecule has 2 unspecified atom stereocenters. The van der Waals surface area contributed by atoms with Gasteiger partial charge in [-0.25, -0.2) is 0 Å². The van der Waals surface area contributed by atoms with Crippen molar-refractivity contribution in [2.45, 2.75) is 38.1 Å². The van der Waals surface area contributed by atoms with Crippen molar-refractivity contribution >= 4 is 5.84 Å². The fourth-order valence-corrected chi connectivity index (χ4v) is 3.76. The number of aliphatic imine (C=N–C) groups is 1. The Kier molecular flexibility index (Phi) is 4.45. The molecule has 0 aliphatic carbocycles. The van der Waals surface area contributed by atoms with Crippen LogP contribution < -0.4 is 15.8 Å². The molecule has 25 heavy (non-hydrogen) atoms. The normalized spacial score (nSPS) is 19.3. The Balaban J connectivity index is 1.69. The Morgan fingerprint density at radius 1 is 1.20 bits per heavy atom. The lowest BCUT2D eigenvalue weighted by Crippen LogP contribution is -2.26. The third-order valence-corrected chi connectivity index (χ3v) is 5.12. The highest BCUT2D eigenvalue weighted by atomic mass is 16.5. The van der Waals surface area contributed by atoms with Gasteiger partial charge in [0.2, 0.25) is 0 Å². The van der Waals surface area contributed by atoms with Crippen molar-refractivity contribution in [2.24, 2.45) is 10.7 Å². The molecule has 0 aromatic heterocycles. The maximum Gasteiger partial charge on any atom is 0.132 e. The summed E-state index contributed by atoms with van der Waals surface area (Å²) in [6.07, 6.45) is 3.48. The molecule has 4 rings (SSSR count). The number of hydrogen-bond acceptors (Lipinski definition) is 4. The predicted molar refractivity (Wildman–Crippen MR) is 102 cm³/mol. The molecule has 4 nitrogen and oxygen atoms in total. The van der Waals surface area contributed by atoms with Gasteiger partial charge in [-0.2, -0.15) is 0 Å². The summed E-state index contributed by atoms with van der Waals surface area (Å²) in [5, 5.41) is 3.46. The minimum Gasteiger partial charge on any atom is -0.457 e. The number of hydrogen-bond donors (Lipinski definition) is 2. The average Bonchev–Trinajstić information content (AvgIpc) is 3.17. The number of para-hydroxylation sites is 1. The number of unbranched alkanes of at least 4 members (excludes halogenated alkanes) is 1. The van der Waals surface area contributed by atoms with E-state index < -0.39 is 0 Å². The number of nitrogens with zero attached hydrogens (tertiary/aromatic N) is 1. The summed E-state index contributed by atoms with van der Waals surface area (Å²) in [4.78, 5) is 4.68. The summed E-state index contributed by atoms with van der Waals surface area (Å²) < 4.78 is 6.06. The first-order valence-corrected chi connectivity index (χ1v) is 9.22. The van der Waals surface area contributed by atoms with Gasteiger partial charge in [0.25, 0.3) is 0 Å². The SMILES string of the molecule is CCCCC(C1=NCCN1)c1ccc2c(c1)C(N)c1ccccc1O2. The summed E-state index contributed by atoms with van der Waals surface area (Å²) in [6.45, 7) is 4.05. The van der Waals surface area contributed by atoms with Crippen LogP contribution in [-0.4, -0.2) is 18.9 Å². The van der Waals surface area contributed by atoms with E-state index in [0.29, 0.717) is 5.92 Å². The molecule has 0 saturated carbocycles. The zero-order valence-corrected chi connectivity index (χ0v) is 14.7. The van der Waals surface area contributed by atoms with Crippen LogP contribution in [0.3, 0.4) is 0 Å². The molecule has 2 aliphatic heterocycles. The number of amidine groups is 1. The molecule has 3 N–H and O–H groups in total. The first-order chi connectivity index (χ1) is 12.3. The minimum absolute atomic E-state index is 0.148. The van der Waals surface area contributed by atoms with E-state index in [1.54, 1.807) is 0 Å². The van der Waals surface area contributed by atoms with Crippen molar-refractivity contribution in [1.29, 1.82) is 0 Å². The molecule has 130 valence electrons. The molecule has 0 saturated heterocycles. The van der Waals surface area contributed by atoms with Gasteiger partial charge in [-0.3, -0.25) is 4.99 Å². The number of benzene rings is 2. The molecule has 2 aromatic rings. The molecule has 0 spiro atoms. The Labute approximate surface area is 149 Å². The van der Waals surface area contributed by atoms with Crippen LogP contribution in [0.25, 0.3) is 0 Å². The van der Waals surface area contributed by atoms with Crippen LogP contribution in [0.4, 0.5) is 0 Å². The van der Waals surface area contributed by atoms with Gasteiger partial charge in [-0.05, 0) is 30.2 Å².